The van der Waals surface area contributed by atoms with Gasteiger partial charge in [0.1, 0.15) is 5.82 Å². The Kier molecular flexibility index (Phi) is 5.27. The first-order valence-corrected chi connectivity index (χ1v) is 6.89. The van der Waals surface area contributed by atoms with Crippen molar-refractivity contribution in [2.24, 2.45) is 5.73 Å². The summed E-state index contributed by atoms with van der Waals surface area (Å²) in [5, 5.41) is 10.3. The molecule has 2 aromatic carbocycles. The molecular formula is C17H20FNO. The van der Waals surface area contributed by atoms with E-state index < -0.39 is 6.10 Å². The Bertz CT molecular complexity index is 530. The molecule has 2 rings (SSSR count). The summed E-state index contributed by atoms with van der Waals surface area (Å²) in [5.41, 5.74) is 7.38. The molecule has 0 amide bonds. The van der Waals surface area contributed by atoms with E-state index in [2.05, 4.69) is 0 Å². The van der Waals surface area contributed by atoms with Crippen LogP contribution in [0.3, 0.4) is 0 Å². The molecule has 0 radical (unpaired) electrons. The number of benzene rings is 2. The van der Waals surface area contributed by atoms with E-state index in [9.17, 15) is 9.50 Å². The van der Waals surface area contributed by atoms with Gasteiger partial charge in [-0.2, -0.15) is 0 Å². The zero-order valence-corrected chi connectivity index (χ0v) is 11.4. The topological polar surface area (TPSA) is 46.2 Å². The summed E-state index contributed by atoms with van der Waals surface area (Å²) in [6, 6.07) is 16.5. The van der Waals surface area contributed by atoms with Crippen molar-refractivity contribution in [3.8, 4) is 0 Å². The minimum absolute atomic E-state index is 0.233. The molecule has 20 heavy (non-hydrogen) atoms. The number of aryl methyl sites for hydroxylation is 1. The van der Waals surface area contributed by atoms with Gasteiger partial charge in [-0.05, 0) is 30.0 Å². The van der Waals surface area contributed by atoms with Gasteiger partial charge in [-0.25, -0.2) is 4.39 Å². The van der Waals surface area contributed by atoms with Gasteiger partial charge >= 0.3 is 0 Å². The highest BCUT2D eigenvalue weighted by Gasteiger charge is 2.22. The predicted molar refractivity (Wildman–Crippen MR) is 79.0 cm³/mol. The number of nitrogens with two attached hydrogens (primary N) is 1. The molecule has 0 saturated carbocycles. The quantitative estimate of drug-likeness (QED) is 0.850. The Hall–Kier alpha value is -1.71. The minimum atomic E-state index is -0.642. The Labute approximate surface area is 119 Å². The van der Waals surface area contributed by atoms with Crippen LogP contribution < -0.4 is 5.73 Å². The van der Waals surface area contributed by atoms with Gasteiger partial charge in [0, 0.05) is 12.5 Å². The second-order valence-corrected chi connectivity index (χ2v) is 4.96. The van der Waals surface area contributed by atoms with Crippen molar-refractivity contribution in [2.45, 2.75) is 24.9 Å². The molecule has 106 valence electrons. The summed E-state index contributed by atoms with van der Waals surface area (Å²) in [4.78, 5) is 0. The van der Waals surface area contributed by atoms with E-state index in [1.54, 1.807) is 18.2 Å². The second-order valence-electron chi connectivity index (χ2n) is 4.96. The van der Waals surface area contributed by atoms with E-state index >= 15 is 0 Å². The van der Waals surface area contributed by atoms with Crippen molar-refractivity contribution in [1.82, 2.24) is 0 Å². The van der Waals surface area contributed by atoms with Crippen LogP contribution in [0.2, 0.25) is 0 Å². The first-order chi connectivity index (χ1) is 9.72. The Morgan fingerprint density at radius 2 is 1.65 bits per heavy atom. The van der Waals surface area contributed by atoms with Gasteiger partial charge in [0.25, 0.3) is 0 Å². The third kappa shape index (κ3) is 3.65. The van der Waals surface area contributed by atoms with Gasteiger partial charge in [-0.3, -0.25) is 0 Å². The van der Waals surface area contributed by atoms with Crippen molar-refractivity contribution < 1.29 is 9.50 Å². The monoisotopic (exact) mass is 273 g/mol. The average Bonchev–Trinajstić information content (AvgIpc) is 2.49. The van der Waals surface area contributed by atoms with Gasteiger partial charge in [0.2, 0.25) is 0 Å². The zero-order valence-electron chi connectivity index (χ0n) is 11.4. The summed E-state index contributed by atoms with van der Waals surface area (Å²) in [6.07, 6.45) is 0.685. The third-order valence-electron chi connectivity index (χ3n) is 3.59. The number of halogens is 1. The maximum Gasteiger partial charge on any atom is 0.126 e. The van der Waals surface area contributed by atoms with E-state index in [-0.39, 0.29) is 18.3 Å². The van der Waals surface area contributed by atoms with Crippen LogP contribution in [0.4, 0.5) is 4.39 Å². The van der Waals surface area contributed by atoms with Gasteiger partial charge in [-0.1, -0.05) is 48.5 Å². The normalized spacial score (nSPS) is 13.9. The summed E-state index contributed by atoms with van der Waals surface area (Å²) in [7, 11) is 0. The van der Waals surface area contributed by atoms with E-state index in [0.29, 0.717) is 12.0 Å². The van der Waals surface area contributed by atoms with Crippen LogP contribution in [-0.2, 0) is 6.42 Å². The van der Waals surface area contributed by atoms with Crippen LogP contribution in [0.15, 0.2) is 54.6 Å². The molecule has 0 aliphatic carbocycles. The first-order valence-electron chi connectivity index (χ1n) is 6.89. The Morgan fingerprint density at radius 1 is 1.00 bits per heavy atom. The van der Waals surface area contributed by atoms with Crippen molar-refractivity contribution >= 4 is 0 Å². The molecule has 0 saturated heterocycles. The molecule has 2 aromatic rings. The van der Waals surface area contributed by atoms with Gasteiger partial charge in [0.05, 0.1) is 6.10 Å². The maximum atomic E-state index is 13.8. The summed E-state index contributed by atoms with van der Waals surface area (Å²) >= 11 is 0. The molecule has 0 aromatic heterocycles. The largest absolute Gasteiger partial charge is 0.392 e. The zero-order chi connectivity index (χ0) is 14.4. The lowest BCUT2D eigenvalue weighted by Crippen LogP contribution is -2.27. The second kappa shape index (κ2) is 7.17. The molecule has 2 unspecified atom stereocenters. The lowest BCUT2D eigenvalue weighted by atomic mass is 9.89. The molecule has 0 heterocycles. The standard InChI is InChI=1S/C17H20FNO/c18-16-9-5-4-8-14(16)15(12-19)17(20)11-10-13-6-2-1-3-7-13/h1-9,15,17,20H,10-12,19H2. The maximum absolute atomic E-state index is 13.8. The smallest absolute Gasteiger partial charge is 0.126 e. The highest BCUT2D eigenvalue weighted by atomic mass is 19.1. The van der Waals surface area contributed by atoms with Gasteiger partial charge in [-0.15, -0.1) is 0 Å². The van der Waals surface area contributed by atoms with Crippen molar-refractivity contribution in [3.63, 3.8) is 0 Å². The molecule has 0 spiro atoms. The number of hydrogen-bond donors (Lipinski definition) is 2. The van der Waals surface area contributed by atoms with Crippen LogP contribution >= 0.6 is 0 Å². The fourth-order valence-electron chi connectivity index (χ4n) is 2.43. The molecular weight excluding hydrogens is 253 g/mol. The molecule has 2 nitrogen and oxygen atoms in total. The minimum Gasteiger partial charge on any atom is -0.392 e. The highest BCUT2D eigenvalue weighted by molar-refractivity contribution is 5.23. The summed E-state index contributed by atoms with van der Waals surface area (Å²) < 4.78 is 13.8. The molecule has 0 aliphatic heterocycles. The number of aliphatic hydroxyl groups excluding tert-OH is 1. The predicted octanol–water partition coefficient (Wildman–Crippen LogP) is 2.86. The summed E-state index contributed by atoms with van der Waals surface area (Å²) in [6.45, 7) is 0.233. The van der Waals surface area contributed by atoms with Gasteiger partial charge < -0.3 is 10.8 Å². The fraction of sp³-hybridized carbons (Fsp3) is 0.294. The Balaban J connectivity index is 2.03. The lowest BCUT2D eigenvalue weighted by molar-refractivity contribution is 0.134. The molecule has 0 bridgehead atoms. The van der Waals surface area contributed by atoms with Crippen molar-refractivity contribution in [3.05, 3.63) is 71.5 Å². The molecule has 0 aliphatic rings. The van der Waals surface area contributed by atoms with Gasteiger partial charge in [0.15, 0.2) is 0 Å². The molecule has 2 atom stereocenters. The summed E-state index contributed by atoms with van der Waals surface area (Å²) in [5.74, 6) is -0.665. The Morgan fingerprint density at radius 3 is 2.30 bits per heavy atom. The van der Waals surface area contributed by atoms with Crippen LogP contribution in [0.5, 0.6) is 0 Å². The molecule has 0 fully saturated rings. The van der Waals surface area contributed by atoms with E-state index in [1.807, 2.05) is 30.3 Å². The SMILES string of the molecule is NCC(c1ccccc1F)C(O)CCc1ccccc1. The molecule has 3 heteroatoms. The van der Waals surface area contributed by atoms with Crippen molar-refractivity contribution in [1.29, 1.82) is 0 Å². The van der Waals surface area contributed by atoms with E-state index in [1.165, 1.54) is 6.07 Å². The van der Waals surface area contributed by atoms with Crippen LogP contribution in [0, 0.1) is 5.82 Å². The third-order valence-corrected chi connectivity index (χ3v) is 3.59. The van der Waals surface area contributed by atoms with Crippen LogP contribution in [-0.4, -0.2) is 17.8 Å². The lowest BCUT2D eigenvalue weighted by Gasteiger charge is -2.22. The van der Waals surface area contributed by atoms with Crippen molar-refractivity contribution in [2.75, 3.05) is 6.54 Å². The number of hydrogen-bond acceptors (Lipinski definition) is 2. The average molecular weight is 273 g/mol. The van der Waals surface area contributed by atoms with Crippen LogP contribution in [0.25, 0.3) is 0 Å². The molecule has 3 N–H and O–H groups in total. The highest BCUT2D eigenvalue weighted by Crippen LogP contribution is 2.24. The van der Waals surface area contributed by atoms with Crippen LogP contribution in [0.1, 0.15) is 23.5 Å². The van der Waals surface area contributed by atoms with E-state index in [0.717, 1.165) is 12.0 Å². The number of rotatable bonds is 6. The fourth-order valence-corrected chi connectivity index (χ4v) is 2.43. The first kappa shape index (κ1) is 14.7. The van der Waals surface area contributed by atoms with E-state index in [4.69, 9.17) is 5.73 Å². The number of aliphatic hydroxyl groups is 1.